The van der Waals surface area contributed by atoms with Gasteiger partial charge in [-0.15, -0.1) is 0 Å². The number of halogens is 1. The highest BCUT2D eigenvalue weighted by atomic mass is 19.1. The number of hydrogen-bond acceptors (Lipinski definition) is 5. The van der Waals surface area contributed by atoms with Crippen molar-refractivity contribution in [3.63, 3.8) is 0 Å². The van der Waals surface area contributed by atoms with E-state index in [-0.39, 0.29) is 18.3 Å². The highest BCUT2D eigenvalue weighted by Crippen LogP contribution is 2.37. The fraction of sp³-hybridized carbons (Fsp3) is 0.240. The van der Waals surface area contributed by atoms with Crippen LogP contribution in [0.5, 0.6) is 5.75 Å². The van der Waals surface area contributed by atoms with Crippen LogP contribution in [0.2, 0.25) is 0 Å². The van der Waals surface area contributed by atoms with E-state index in [0.29, 0.717) is 24.7 Å². The third-order valence-electron chi connectivity index (χ3n) is 5.98. The molecular formula is C25H23FN4O3. The molecule has 0 spiro atoms. The second-order valence-corrected chi connectivity index (χ2v) is 8.12. The largest absolute Gasteiger partial charge is 0.495 e. The Balaban J connectivity index is 1.44. The van der Waals surface area contributed by atoms with E-state index in [4.69, 9.17) is 9.47 Å². The van der Waals surface area contributed by atoms with Crippen LogP contribution in [0, 0.1) is 12.7 Å². The molecule has 1 atom stereocenters. The smallest absolute Gasteiger partial charge is 0.255 e. The molecule has 1 unspecified atom stereocenters. The number of morpholine rings is 1. The summed E-state index contributed by atoms with van der Waals surface area (Å²) in [5.41, 5.74) is 2.73. The van der Waals surface area contributed by atoms with Crippen LogP contribution in [0.25, 0.3) is 11.8 Å². The second-order valence-electron chi connectivity index (χ2n) is 8.12. The van der Waals surface area contributed by atoms with Crippen LogP contribution < -0.4 is 4.74 Å². The van der Waals surface area contributed by atoms with Gasteiger partial charge in [0.25, 0.3) is 5.91 Å². The molecule has 0 bridgehead atoms. The SMILES string of the molecule is COc1cc(/C=C/C2=NCC3(c4ccc(F)cc4)COCC(=O)N23)ccc1-n1cnc(C)c1. The predicted octanol–water partition coefficient (Wildman–Crippen LogP) is 3.51. The fourth-order valence-corrected chi connectivity index (χ4v) is 4.35. The number of methoxy groups -OCH3 is 1. The van der Waals surface area contributed by atoms with E-state index in [1.165, 1.54) is 12.1 Å². The number of imidazole rings is 1. The van der Waals surface area contributed by atoms with Gasteiger partial charge in [-0.2, -0.15) is 0 Å². The third-order valence-corrected chi connectivity index (χ3v) is 5.98. The monoisotopic (exact) mass is 446 g/mol. The van der Waals surface area contributed by atoms with Crippen LogP contribution in [0.1, 0.15) is 16.8 Å². The molecule has 0 radical (unpaired) electrons. The van der Waals surface area contributed by atoms with Crippen LogP contribution >= 0.6 is 0 Å². The number of fused-ring (bicyclic) bond motifs is 1. The molecule has 168 valence electrons. The van der Waals surface area contributed by atoms with E-state index in [2.05, 4.69) is 9.98 Å². The molecule has 1 amide bonds. The summed E-state index contributed by atoms with van der Waals surface area (Å²) in [6.45, 7) is 2.58. The molecule has 33 heavy (non-hydrogen) atoms. The molecular weight excluding hydrogens is 423 g/mol. The Labute approximate surface area is 190 Å². The van der Waals surface area contributed by atoms with Gasteiger partial charge in [0.05, 0.1) is 38.0 Å². The van der Waals surface area contributed by atoms with Crippen molar-refractivity contribution >= 4 is 17.8 Å². The Hall–Kier alpha value is -3.78. The zero-order valence-corrected chi connectivity index (χ0v) is 18.4. The number of nitrogens with zero attached hydrogens (tertiary/aromatic N) is 4. The van der Waals surface area contributed by atoms with Crippen molar-refractivity contribution in [1.82, 2.24) is 14.5 Å². The molecule has 1 aromatic heterocycles. The van der Waals surface area contributed by atoms with Crippen molar-refractivity contribution in [2.45, 2.75) is 12.5 Å². The zero-order valence-electron chi connectivity index (χ0n) is 18.4. The number of rotatable bonds is 5. The lowest BCUT2D eigenvalue weighted by molar-refractivity contribution is -0.148. The van der Waals surface area contributed by atoms with Gasteiger partial charge in [0.2, 0.25) is 0 Å². The average molecular weight is 446 g/mol. The lowest BCUT2D eigenvalue weighted by atomic mass is 9.88. The van der Waals surface area contributed by atoms with Crippen LogP contribution in [0.3, 0.4) is 0 Å². The number of amides is 1. The molecule has 3 heterocycles. The molecule has 0 aliphatic carbocycles. The number of amidine groups is 1. The molecule has 7 nitrogen and oxygen atoms in total. The lowest BCUT2D eigenvalue weighted by Crippen LogP contribution is -2.57. The number of carbonyl (C=O) groups is 1. The highest BCUT2D eigenvalue weighted by Gasteiger charge is 2.50. The highest BCUT2D eigenvalue weighted by molar-refractivity contribution is 6.09. The van der Waals surface area contributed by atoms with Crippen molar-refractivity contribution in [2.75, 3.05) is 26.9 Å². The van der Waals surface area contributed by atoms with Gasteiger partial charge in [-0.1, -0.05) is 24.3 Å². The first-order valence-corrected chi connectivity index (χ1v) is 10.6. The molecule has 1 saturated heterocycles. The molecule has 1 fully saturated rings. The summed E-state index contributed by atoms with van der Waals surface area (Å²) < 4.78 is 26.6. The number of hydrogen-bond donors (Lipinski definition) is 0. The topological polar surface area (TPSA) is 69.0 Å². The minimum absolute atomic E-state index is 0.0113. The van der Waals surface area contributed by atoms with Gasteiger partial charge >= 0.3 is 0 Å². The quantitative estimate of drug-likeness (QED) is 0.602. The Bertz CT molecular complexity index is 1260. The van der Waals surface area contributed by atoms with Crippen molar-refractivity contribution in [1.29, 1.82) is 0 Å². The number of ether oxygens (including phenoxy) is 2. The second kappa shape index (κ2) is 8.29. The molecule has 2 aromatic carbocycles. The van der Waals surface area contributed by atoms with Crippen LogP contribution in [0.15, 0.2) is 66.1 Å². The minimum Gasteiger partial charge on any atom is -0.495 e. The first kappa shape index (κ1) is 21.1. The summed E-state index contributed by atoms with van der Waals surface area (Å²) in [5.74, 6) is 0.758. The lowest BCUT2D eigenvalue weighted by Gasteiger charge is -2.41. The summed E-state index contributed by atoms with van der Waals surface area (Å²) in [6, 6.07) is 12.0. The van der Waals surface area contributed by atoms with Crippen molar-refractivity contribution in [2.24, 2.45) is 4.99 Å². The van der Waals surface area contributed by atoms with Gasteiger partial charge in [-0.3, -0.25) is 14.7 Å². The average Bonchev–Trinajstić information content (AvgIpc) is 3.43. The standard InChI is InChI=1S/C25H23FN4O3/c1-17-12-29(16-28-17)21-9-3-18(11-22(21)32-2)4-10-23-27-14-25(15-33-13-24(31)30(23)25)19-5-7-20(26)8-6-19/h3-12,16H,13-15H2,1-2H3/b10-4+. The Morgan fingerprint density at radius 3 is 2.73 bits per heavy atom. The Kier molecular flexibility index (Phi) is 5.30. The van der Waals surface area contributed by atoms with E-state index in [1.54, 1.807) is 30.5 Å². The van der Waals surface area contributed by atoms with E-state index in [1.807, 2.05) is 48.0 Å². The van der Waals surface area contributed by atoms with Crippen molar-refractivity contribution in [3.05, 3.63) is 83.7 Å². The maximum Gasteiger partial charge on any atom is 0.255 e. The van der Waals surface area contributed by atoms with Gasteiger partial charge in [-0.05, 0) is 48.4 Å². The van der Waals surface area contributed by atoms with E-state index >= 15 is 0 Å². The summed E-state index contributed by atoms with van der Waals surface area (Å²) >= 11 is 0. The number of aliphatic imine (C=N–C) groups is 1. The molecule has 2 aliphatic rings. The molecule has 2 aliphatic heterocycles. The summed E-state index contributed by atoms with van der Waals surface area (Å²) in [7, 11) is 1.63. The van der Waals surface area contributed by atoms with Gasteiger partial charge in [0.15, 0.2) is 0 Å². The number of aryl methyl sites for hydroxylation is 1. The van der Waals surface area contributed by atoms with E-state index in [0.717, 1.165) is 22.5 Å². The maximum atomic E-state index is 13.5. The van der Waals surface area contributed by atoms with Crippen molar-refractivity contribution in [3.8, 4) is 11.4 Å². The maximum absolute atomic E-state index is 13.5. The van der Waals surface area contributed by atoms with Gasteiger partial charge < -0.3 is 14.0 Å². The van der Waals surface area contributed by atoms with Gasteiger partial charge in [0, 0.05) is 6.20 Å². The predicted molar refractivity (Wildman–Crippen MR) is 122 cm³/mol. The van der Waals surface area contributed by atoms with Crippen LogP contribution in [-0.2, 0) is 15.1 Å². The molecule has 3 aromatic rings. The van der Waals surface area contributed by atoms with Crippen LogP contribution in [0.4, 0.5) is 4.39 Å². The number of carbonyl (C=O) groups excluding carboxylic acids is 1. The van der Waals surface area contributed by atoms with Crippen LogP contribution in [-0.4, -0.2) is 53.1 Å². The van der Waals surface area contributed by atoms with Gasteiger partial charge in [-0.25, -0.2) is 9.37 Å². The van der Waals surface area contributed by atoms with Gasteiger partial charge in [0.1, 0.15) is 29.5 Å². The molecule has 5 rings (SSSR count). The molecule has 0 N–H and O–H groups in total. The first-order valence-electron chi connectivity index (χ1n) is 10.6. The number of aromatic nitrogens is 2. The summed E-state index contributed by atoms with van der Waals surface area (Å²) in [5, 5.41) is 0. The molecule has 8 heteroatoms. The first-order chi connectivity index (χ1) is 16.0. The molecule has 0 saturated carbocycles. The Morgan fingerprint density at radius 1 is 1.18 bits per heavy atom. The van der Waals surface area contributed by atoms with E-state index in [9.17, 15) is 9.18 Å². The minimum atomic E-state index is -0.760. The fourth-order valence-electron chi connectivity index (χ4n) is 4.35. The zero-order chi connectivity index (χ0) is 23.0. The summed E-state index contributed by atoms with van der Waals surface area (Å²) in [6.07, 6.45) is 7.40. The Morgan fingerprint density at radius 2 is 2.00 bits per heavy atom. The van der Waals surface area contributed by atoms with Crippen molar-refractivity contribution < 1.29 is 18.7 Å². The number of benzene rings is 2. The third kappa shape index (κ3) is 3.72. The van der Waals surface area contributed by atoms with E-state index < -0.39 is 5.54 Å². The normalized spacial score (nSPS) is 20.3. The summed E-state index contributed by atoms with van der Waals surface area (Å²) in [4.78, 5) is 23.4.